The molecular formula is C23H25N3O6. The van der Waals surface area contributed by atoms with Crippen LogP contribution in [0.3, 0.4) is 0 Å². The zero-order valence-electron chi connectivity index (χ0n) is 17.4. The fraction of sp³-hybridized carbons (Fsp3) is 0.304. The van der Waals surface area contributed by atoms with Gasteiger partial charge in [0, 0.05) is 25.3 Å². The number of nitrogens with one attached hydrogen (secondary N) is 2. The van der Waals surface area contributed by atoms with E-state index in [9.17, 15) is 19.2 Å². The smallest absolute Gasteiger partial charge is 0.407 e. The van der Waals surface area contributed by atoms with Crippen molar-refractivity contribution in [2.75, 3.05) is 13.2 Å². The standard InChI is InChI=1S/C23H25N3O6/c24-20(27)10-9-19(22(29)30)26-21(28)11-12-25-23(31)32-13-18-16-7-3-1-5-14(16)15-6-2-4-8-17(15)18/h1-8,18-19H,9-13H2,(H2,24,27)(H,25,31)(H,26,28)(H,29,30)/t19-/m0/s1. The number of carboxylic acids is 1. The van der Waals surface area contributed by atoms with Crippen LogP contribution < -0.4 is 16.4 Å². The zero-order chi connectivity index (χ0) is 23.1. The normalized spacial score (nSPS) is 12.9. The average molecular weight is 439 g/mol. The molecule has 1 aliphatic carbocycles. The van der Waals surface area contributed by atoms with Crippen molar-refractivity contribution < 1.29 is 29.0 Å². The average Bonchev–Trinajstić information content (AvgIpc) is 3.08. The van der Waals surface area contributed by atoms with E-state index in [-0.39, 0.29) is 38.3 Å². The van der Waals surface area contributed by atoms with Gasteiger partial charge >= 0.3 is 12.1 Å². The molecule has 0 heterocycles. The van der Waals surface area contributed by atoms with E-state index in [1.54, 1.807) is 0 Å². The molecule has 3 rings (SSSR count). The Morgan fingerprint density at radius 2 is 1.56 bits per heavy atom. The number of nitrogens with two attached hydrogens (primary N) is 1. The number of rotatable bonds is 10. The number of carboxylic acid groups (broad SMARTS) is 1. The lowest BCUT2D eigenvalue weighted by Gasteiger charge is -2.15. The summed E-state index contributed by atoms with van der Waals surface area (Å²) < 4.78 is 5.38. The Morgan fingerprint density at radius 3 is 2.12 bits per heavy atom. The number of fused-ring (bicyclic) bond motifs is 3. The van der Waals surface area contributed by atoms with Crippen LogP contribution >= 0.6 is 0 Å². The van der Waals surface area contributed by atoms with Gasteiger partial charge in [0.2, 0.25) is 11.8 Å². The zero-order valence-corrected chi connectivity index (χ0v) is 17.4. The van der Waals surface area contributed by atoms with Gasteiger partial charge in [0.05, 0.1) is 0 Å². The lowest BCUT2D eigenvalue weighted by Crippen LogP contribution is -2.42. The van der Waals surface area contributed by atoms with Gasteiger partial charge in [-0.1, -0.05) is 48.5 Å². The summed E-state index contributed by atoms with van der Waals surface area (Å²) in [5, 5.41) is 13.9. The van der Waals surface area contributed by atoms with Crippen LogP contribution in [0.4, 0.5) is 4.79 Å². The van der Waals surface area contributed by atoms with E-state index in [1.165, 1.54) is 0 Å². The summed E-state index contributed by atoms with van der Waals surface area (Å²) in [5.74, 6) is -2.55. The molecule has 5 N–H and O–H groups in total. The third-order valence-electron chi connectivity index (χ3n) is 5.28. The van der Waals surface area contributed by atoms with Crippen molar-refractivity contribution in [3.8, 4) is 11.1 Å². The second-order valence-electron chi connectivity index (χ2n) is 7.47. The molecule has 0 spiro atoms. The Hall–Kier alpha value is -3.88. The molecule has 0 unspecified atom stereocenters. The monoisotopic (exact) mass is 439 g/mol. The van der Waals surface area contributed by atoms with Crippen LogP contribution in [0.25, 0.3) is 11.1 Å². The highest BCUT2D eigenvalue weighted by atomic mass is 16.5. The number of hydrogen-bond acceptors (Lipinski definition) is 5. The van der Waals surface area contributed by atoms with Gasteiger partial charge in [0.25, 0.3) is 0 Å². The molecule has 0 aliphatic heterocycles. The number of ether oxygens (including phenoxy) is 1. The van der Waals surface area contributed by atoms with Crippen LogP contribution in [-0.2, 0) is 19.1 Å². The highest BCUT2D eigenvalue weighted by Gasteiger charge is 2.29. The molecule has 9 nitrogen and oxygen atoms in total. The molecule has 0 aromatic heterocycles. The number of benzene rings is 2. The van der Waals surface area contributed by atoms with Crippen LogP contribution in [0, 0.1) is 0 Å². The summed E-state index contributed by atoms with van der Waals surface area (Å²) in [5.41, 5.74) is 9.44. The third-order valence-corrected chi connectivity index (χ3v) is 5.28. The maximum atomic E-state index is 12.1. The Labute approximate surface area is 184 Å². The molecule has 0 fully saturated rings. The molecule has 168 valence electrons. The lowest BCUT2D eigenvalue weighted by molar-refractivity contribution is -0.142. The highest BCUT2D eigenvalue weighted by molar-refractivity contribution is 5.84. The minimum absolute atomic E-state index is 0.0231. The maximum Gasteiger partial charge on any atom is 0.407 e. The van der Waals surface area contributed by atoms with Gasteiger partial charge in [-0.3, -0.25) is 9.59 Å². The molecular weight excluding hydrogens is 414 g/mol. The number of alkyl carbamates (subject to hydrolysis) is 1. The lowest BCUT2D eigenvalue weighted by atomic mass is 9.98. The second-order valence-corrected chi connectivity index (χ2v) is 7.47. The van der Waals surface area contributed by atoms with Gasteiger partial charge in [0.1, 0.15) is 12.6 Å². The first-order valence-electron chi connectivity index (χ1n) is 10.3. The molecule has 1 aliphatic rings. The van der Waals surface area contributed by atoms with Crippen LogP contribution in [0.5, 0.6) is 0 Å². The van der Waals surface area contributed by atoms with E-state index in [4.69, 9.17) is 15.6 Å². The summed E-state index contributed by atoms with van der Waals surface area (Å²) in [7, 11) is 0. The Morgan fingerprint density at radius 1 is 0.969 bits per heavy atom. The summed E-state index contributed by atoms with van der Waals surface area (Å²) in [6.07, 6.45) is -1.06. The van der Waals surface area contributed by atoms with E-state index in [2.05, 4.69) is 10.6 Å². The summed E-state index contributed by atoms with van der Waals surface area (Å²) in [4.78, 5) is 46.0. The molecule has 3 amide bonds. The third kappa shape index (κ3) is 5.63. The number of carbonyl (C=O) groups excluding carboxylic acids is 3. The van der Waals surface area contributed by atoms with E-state index in [0.717, 1.165) is 22.3 Å². The van der Waals surface area contributed by atoms with Crippen molar-refractivity contribution in [2.45, 2.75) is 31.2 Å². The number of aliphatic carboxylic acids is 1. The fourth-order valence-corrected chi connectivity index (χ4v) is 3.74. The van der Waals surface area contributed by atoms with Crippen LogP contribution in [0.15, 0.2) is 48.5 Å². The van der Waals surface area contributed by atoms with E-state index in [0.29, 0.717) is 0 Å². The van der Waals surface area contributed by atoms with Gasteiger partial charge < -0.3 is 26.2 Å². The van der Waals surface area contributed by atoms with E-state index >= 15 is 0 Å². The van der Waals surface area contributed by atoms with Gasteiger partial charge in [-0.15, -0.1) is 0 Å². The minimum atomic E-state index is -1.26. The topological polar surface area (TPSA) is 148 Å². The Bertz CT molecular complexity index is 977. The van der Waals surface area contributed by atoms with Gasteiger partial charge in [-0.2, -0.15) is 0 Å². The molecule has 32 heavy (non-hydrogen) atoms. The number of primary amides is 1. The number of amides is 3. The van der Waals surface area contributed by atoms with Gasteiger partial charge in [0.15, 0.2) is 0 Å². The van der Waals surface area contributed by atoms with Crippen molar-refractivity contribution in [3.63, 3.8) is 0 Å². The summed E-state index contributed by atoms with van der Waals surface area (Å²) in [6.45, 7) is 0.130. The van der Waals surface area contributed by atoms with Crippen LogP contribution in [0.2, 0.25) is 0 Å². The number of hydrogen-bond donors (Lipinski definition) is 4. The van der Waals surface area contributed by atoms with Crippen molar-refractivity contribution in [1.29, 1.82) is 0 Å². The first kappa shape index (κ1) is 22.8. The molecule has 0 radical (unpaired) electrons. The Kier molecular flexibility index (Phi) is 7.43. The van der Waals surface area contributed by atoms with Gasteiger partial charge in [-0.25, -0.2) is 9.59 Å². The van der Waals surface area contributed by atoms with Crippen LogP contribution in [0.1, 0.15) is 36.3 Å². The minimum Gasteiger partial charge on any atom is -0.480 e. The molecule has 9 heteroatoms. The van der Waals surface area contributed by atoms with Gasteiger partial charge in [-0.05, 0) is 28.7 Å². The summed E-state index contributed by atoms with van der Waals surface area (Å²) in [6, 6.07) is 14.7. The quantitative estimate of drug-likeness (QED) is 0.443. The highest BCUT2D eigenvalue weighted by Crippen LogP contribution is 2.44. The first-order valence-corrected chi connectivity index (χ1v) is 10.3. The molecule has 0 saturated heterocycles. The Balaban J connectivity index is 1.45. The van der Waals surface area contributed by atoms with E-state index < -0.39 is 29.9 Å². The molecule has 2 aromatic rings. The SMILES string of the molecule is NC(=O)CC[C@H](NC(=O)CCNC(=O)OCC1c2ccccc2-c2ccccc21)C(=O)O. The van der Waals surface area contributed by atoms with Crippen molar-refractivity contribution in [2.24, 2.45) is 5.73 Å². The van der Waals surface area contributed by atoms with E-state index in [1.807, 2.05) is 48.5 Å². The predicted octanol–water partition coefficient (Wildman–Crippen LogP) is 1.75. The first-order chi connectivity index (χ1) is 15.4. The van der Waals surface area contributed by atoms with Crippen molar-refractivity contribution in [3.05, 3.63) is 59.7 Å². The molecule has 1 atom stereocenters. The summed E-state index contributed by atoms with van der Waals surface area (Å²) >= 11 is 0. The predicted molar refractivity (Wildman–Crippen MR) is 116 cm³/mol. The van der Waals surface area contributed by atoms with Crippen LogP contribution in [-0.4, -0.2) is 48.2 Å². The van der Waals surface area contributed by atoms with Crippen molar-refractivity contribution >= 4 is 23.9 Å². The second kappa shape index (κ2) is 10.4. The molecule has 2 aromatic carbocycles. The number of carbonyl (C=O) groups is 4. The molecule has 0 bridgehead atoms. The molecule has 0 saturated carbocycles. The largest absolute Gasteiger partial charge is 0.480 e. The fourth-order valence-electron chi connectivity index (χ4n) is 3.74. The van der Waals surface area contributed by atoms with Crippen molar-refractivity contribution in [1.82, 2.24) is 10.6 Å². The maximum absolute atomic E-state index is 12.1.